The minimum absolute atomic E-state index is 0.165. The maximum Gasteiger partial charge on any atom is 0.261 e. The van der Waals surface area contributed by atoms with E-state index in [-0.39, 0.29) is 23.6 Å². The Balaban J connectivity index is 1.19. The maximum atomic E-state index is 12.8. The van der Waals surface area contributed by atoms with E-state index < -0.39 is 11.3 Å². The second-order valence-electron chi connectivity index (χ2n) is 8.82. The smallest absolute Gasteiger partial charge is 0.261 e. The van der Waals surface area contributed by atoms with Crippen LogP contribution in [-0.2, 0) is 9.59 Å². The zero-order valence-corrected chi connectivity index (χ0v) is 17.8. The molecule has 2 aromatic carbocycles. The van der Waals surface area contributed by atoms with Gasteiger partial charge in [-0.1, -0.05) is 42.5 Å². The van der Waals surface area contributed by atoms with Crippen LogP contribution in [0.3, 0.4) is 0 Å². The molecule has 7 nitrogen and oxygen atoms in total. The second-order valence-corrected chi connectivity index (χ2v) is 8.82. The molecule has 0 saturated carbocycles. The average molecular weight is 431 g/mol. The molecule has 1 spiro atoms. The Hall–Kier alpha value is -3.32. The first-order valence-electron chi connectivity index (χ1n) is 11.1. The van der Waals surface area contributed by atoms with E-state index in [1.165, 1.54) is 4.90 Å². The lowest BCUT2D eigenvalue weighted by atomic mass is 9.67. The van der Waals surface area contributed by atoms with Gasteiger partial charge in [-0.05, 0) is 56.6 Å². The van der Waals surface area contributed by atoms with E-state index in [2.05, 4.69) is 10.2 Å². The first-order valence-corrected chi connectivity index (χ1v) is 11.1. The predicted octanol–water partition coefficient (Wildman–Crippen LogP) is 2.20. The van der Waals surface area contributed by atoms with Crippen LogP contribution < -0.4 is 5.32 Å². The van der Waals surface area contributed by atoms with Crippen molar-refractivity contribution in [1.82, 2.24) is 15.1 Å². The van der Waals surface area contributed by atoms with Gasteiger partial charge in [-0.3, -0.25) is 29.4 Å². The summed E-state index contributed by atoms with van der Waals surface area (Å²) in [5.74, 6) is -1.27. The molecule has 2 fully saturated rings. The Morgan fingerprint density at radius 2 is 1.41 bits per heavy atom. The molecular weight excluding hydrogens is 406 g/mol. The Labute approximate surface area is 186 Å². The molecule has 1 N–H and O–H groups in total. The molecule has 0 unspecified atom stereocenters. The van der Waals surface area contributed by atoms with Gasteiger partial charge in [-0.15, -0.1) is 0 Å². The third-order valence-corrected chi connectivity index (χ3v) is 7.12. The fourth-order valence-corrected chi connectivity index (χ4v) is 5.39. The van der Waals surface area contributed by atoms with Gasteiger partial charge >= 0.3 is 0 Å². The fourth-order valence-electron chi connectivity index (χ4n) is 5.39. The zero-order valence-electron chi connectivity index (χ0n) is 17.8. The number of nitrogens with one attached hydrogen (secondary N) is 1. The third kappa shape index (κ3) is 3.24. The summed E-state index contributed by atoms with van der Waals surface area (Å²) in [5, 5.41) is 2.56. The molecule has 164 valence electrons. The van der Waals surface area contributed by atoms with Gasteiger partial charge in [-0.25, -0.2) is 0 Å². The summed E-state index contributed by atoms with van der Waals surface area (Å²) in [4.78, 5) is 54.0. The van der Waals surface area contributed by atoms with Crippen LogP contribution in [-0.4, -0.2) is 59.6 Å². The molecule has 3 heterocycles. The van der Waals surface area contributed by atoms with Gasteiger partial charge in [0.2, 0.25) is 11.8 Å². The summed E-state index contributed by atoms with van der Waals surface area (Å²) in [6.07, 6.45) is 1.89. The molecule has 7 heteroatoms. The summed E-state index contributed by atoms with van der Waals surface area (Å²) in [5.41, 5.74) is 1.13. The van der Waals surface area contributed by atoms with E-state index >= 15 is 0 Å². The molecule has 32 heavy (non-hydrogen) atoms. The highest BCUT2D eigenvalue weighted by atomic mass is 16.2. The van der Waals surface area contributed by atoms with E-state index in [0.717, 1.165) is 12.1 Å². The van der Waals surface area contributed by atoms with Crippen LogP contribution in [0, 0.1) is 5.41 Å². The molecule has 0 aromatic heterocycles. The summed E-state index contributed by atoms with van der Waals surface area (Å²) in [6.45, 7) is 2.51. The molecule has 0 aliphatic carbocycles. The number of hydrogen-bond donors (Lipinski definition) is 1. The number of likely N-dealkylation sites (tertiary alicyclic amines) is 1. The van der Waals surface area contributed by atoms with Crippen molar-refractivity contribution in [2.75, 3.05) is 26.2 Å². The summed E-state index contributed by atoms with van der Waals surface area (Å²) in [7, 11) is 0. The van der Waals surface area contributed by atoms with Gasteiger partial charge < -0.3 is 4.90 Å². The molecule has 3 aliphatic heterocycles. The summed E-state index contributed by atoms with van der Waals surface area (Å²) >= 11 is 0. The minimum atomic E-state index is -0.697. The summed E-state index contributed by atoms with van der Waals surface area (Å²) in [6, 6.07) is 16.4. The van der Waals surface area contributed by atoms with Crippen molar-refractivity contribution in [2.24, 2.45) is 5.41 Å². The monoisotopic (exact) mass is 431 g/mol. The van der Waals surface area contributed by atoms with Crippen LogP contribution in [0.4, 0.5) is 0 Å². The van der Waals surface area contributed by atoms with Crippen molar-refractivity contribution in [3.05, 3.63) is 71.3 Å². The fraction of sp³-hybridized carbons (Fsp3) is 0.360. The van der Waals surface area contributed by atoms with E-state index in [4.69, 9.17) is 0 Å². The number of hydrogen-bond acceptors (Lipinski definition) is 5. The van der Waals surface area contributed by atoms with Gasteiger partial charge in [0, 0.05) is 6.54 Å². The lowest BCUT2D eigenvalue weighted by Crippen LogP contribution is -2.46. The van der Waals surface area contributed by atoms with Crippen molar-refractivity contribution in [2.45, 2.75) is 25.2 Å². The first-order chi connectivity index (χ1) is 15.5. The standard InChI is InChI=1S/C25H25N3O4/c29-21-20(17-7-2-1-3-8-17)25(24(32)26-21)11-15-27(16-12-25)13-6-14-28-22(30)18-9-4-5-10-19(18)23(28)31/h1-5,7-10,20H,6,11-16H2,(H,26,29,32)/t20-/m1/s1. The van der Waals surface area contributed by atoms with Crippen LogP contribution in [0.5, 0.6) is 0 Å². The number of amides is 4. The Kier molecular flexibility index (Phi) is 5.13. The van der Waals surface area contributed by atoms with E-state index in [1.54, 1.807) is 24.3 Å². The Morgan fingerprint density at radius 3 is 2.03 bits per heavy atom. The van der Waals surface area contributed by atoms with Crippen molar-refractivity contribution < 1.29 is 19.2 Å². The minimum Gasteiger partial charge on any atom is -0.303 e. The van der Waals surface area contributed by atoms with Gasteiger partial charge in [0.1, 0.15) is 0 Å². The number of nitrogens with zero attached hydrogens (tertiary/aromatic N) is 2. The largest absolute Gasteiger partial charge is 0.303 e. The lowest BCUT2D eigenvalue weighted by molar-refractivity contribution is -0.130. The third-order valence-electron chi connectivity index (χ3n) is 7.12. The Bertz CT molecular complexity index is 1050. The molecular formula is C25H25N3O4. The van der Waals surface area contributed by atoms with Gasteiger partial charge in [0.15, 0.2) is 0 Å². The van der Waals surface area contributed by atoms with Crippen LogP contribution in [0.1, 0.15) is 51.5 Å². The number of piperidine rings is 1. The molecule has 3 aliphatic rings. The highest BCUT2D eigenvalue weighted by Gasteiger charge is 2.56. The quantitative estimate of drug-likeness (QED) is 0.734. The second kappa shape index (κ2) is 7.98. The van der Waals surface area contributed by atoms with Gasteiger partial charge in [-0.2, -0.15) is 0 Å². The predicted molar refractivity (Wildman–Crippen MR) is 117 cm³/mol. The lowest BCUT2D eigenvalue weighted by Gasteiger charge is -2.40. The number of rotatable bonds is 5. The molecule has 1 atom stereocenters. The molecule has 0 radical (unpaired) electrons. The number of benzene rings is 2. The van der Waals surface area contributed by atoms with Crippen LogP contribution in [0.25, 0.3) is 0 Å². The normalized spacial score (nSPS) is 22.5. The first kappa shape index (κ1) is 20.6. The van der Waals surface area contributed by atoms with Crippen molar-refractivity contribution in [3.8, 4) is 0 Å². The highest BCUT2D eigenvalue weighted by Crippen LogP contribution is 2.48. The number of fused-ring (bicyclic) bond motifs is 1. The van der Waals surface area contributed by atoms with Gasteiger partial charge in [0.25, 0.3) is 11.8 Å². The van der Waals surface area contributed by atoms with Crippen molar-refractivity contribution in [3.63, 3.8) is 0 Å². The van der Waals surface area contributed by atoms with Crippen LogP contribution in [0.2, 0.25) is 0 Å². The van der Waals surface area contributed by atoms with Crippen molar-refractivity contribution in [1.29, 1.82) is 0 Å². The molecule has 2 saturated heterocycles. The number of carbonyl (C=O) groups excluding carboxylic acids is 4. The molecule has 5 rings (SSSR count). The topological polar surface area (TPSA) is 86.8 Å². The number of imide groups is 2. The SMILES string of the molecule is O=C1NC(=O)C2(CCN(CCCN3C(=O)c4ccccc4C3=O)CC2)[C@@H]1c1ccccc1. The molecule has 0 bridgehead atoms. The number of carbonyl (C=O) groups is 4. The molecule has 2 aromatic rings. The zero-order chi connectivity index (χ0) is 22.3. The van der Waals surface area contributed by atoms with Crippen LogP contribution >= 0.6 is 0 Å². The van der Waals surface area contributed by atoms with Gasteiger partial charge in [0.05, 0.1) is 22.5 Å². The Morgan fingerprint density at radius 1 is 0.812 bits per heavy atom. The molecule has 4 amide bonds. The van der Waals surface area contributed by atoms with E-state index in [9.17, 15) is 19.2 Å². The maximum absolute atomic E-state index is 12.8. The highest BCUT2D eigenvalue weighted by molar-refractivity contribution is 6.21. The van der Waals surface area contributed by atoms with Crippen molar-refractivity contribution >= 4 is 23.6 Å². The summed E-state index contributed by atoms with van der Waals surface area (Å²) < 4.78 is 0. The van der Waals surface area contributed by atoms with Crippen LogP contribution in [0.15, 0.2) is 54.6 Å². The van der Waals surface area contributed by atoms with E-state index in [0.29, 0.717) is 50.0 Å². The average Bonchev–Trinajstić information content (AvgIpc) is 3.20. The van der Waals surface area contributed by atoms with E-state index in [1.807, 2.05) is 30.3 Å².